The molecule has 16 heteroatoms. The van der Waals surface area contributed by atoms with Crippen LogP contribution in [0.15, 0.2) is 81.4 Å². The molecule has 0 fully saturated rings. The highest BCUT2D eigenvalue weighted by atomic mass is 16.2. The highest BCUT2D eigenvalue weighted by Gasteiger charge is 2.27. The highest BCUT2D eigenvalue weighted by molar-refractivity contribution is 5.99. The number of unbranched alkanes of at least 4 members (excludes halogenated alkanes) is 4. The van der Waals surface area contributed by atoms with E-state index in [0.717, 1.165) is 103 Å². The van der Waals surface area contributed by atoms with Crippen LogP contribution in [0, 0.1) is 37.5 Å². The summed E-state index contributed by atoms with van der Waals surface area (Å²) in [5.74, 6) is 2.73. The van der Waals surface area contributed by atoms with Gasteiger partial charge in [0.15, 0.2) is 34.6 Å². The van der Waals surface area contributed by atoms with Crippen LogP contribution in [0.1, 0.15) is 190 Å². The molecule has 5 rings (SSSR count). The molecule has 4 unspecified atom stereocenters. The first-order chi connectivity index (χ1) is 35.9. The molecule has 0 saturated carbocycles. The molecule has 4 N–H and O–H groups in total. The van der Waals surface area contributed by atoms with E-state index < -0.39 is 0 Å². The number of nitrogen functional groups attached to an aromatic ring is 2. The molecular weight excluding hydrogens is 925 g/mol. The van der Waals surface area contributed by atoms with Gasteiger partial charge < -0.3 is 21.3 Å². The van der Waals surface area contributed by atoms with E-state index in [-0.39, 0.29) is 23.5 Å². The van der Waals surface area contributed by atoms with Crippen molar-refractivity contribution in [3.05, 3.63) is 83.4 Å². The zero-order valence-corrected chi connectivity index (χ0v) is 46.6. The molecule has 0 aliphatic carbocycles. The van der Waals surface area contributed by atoms with E-state index in [9.17, 15) is 9.59 Å². The summed E-state index contributed by atoms with van der Waals surface area (Å²) in [6.07, 6.45) is 18.9. The molecule has 0 aliphatic rings. The third kappa shape index (κ3) is 15.8. The predicted molar refractivity (Wildman–Crippen MR) is 301 cm³/mol. The summed E-state index contributed by atoms with van der Waals surface area (Å²) in [5.41, 5.74) is 17.2. The Morgan fingerprint density at radius 3 is 1.15 bits per heavy atom. The minimum absolute atomic E-state index is 0.0328. The largest absolute Gasteiger partial charge is 0.382 e. The maximum atomic E-state index is 14.6. The van der Waals surface area contributed by atoms with E-state index in [0.29, 0.717) is 107 Å². The van der Waals surface area contributed by atoms with Crippen LogP contribution in [-0.2, 0) is 0 Å². The van der Waals surface area contributed by atoms with Crippen molar-refractivity contribution in [1.29, 1.82) is 0 Å². The molecule has 3 aromatic heterocycles. The zero-order valence-electron chi connectivity index (χ0n) is 46.6. The number of aryl methyl sites for hydroxylation is 2. The lowest BCUT2D eigenvalue weighted by Gasteiger charge is -2.31. The number of aromatic nitrogens is 6. The molecule has 16 nitrogen and oxygen atoms in total. The van der Waals surface area contributed by atoms with Gasteiger partial charge in [-0.25, -0.2) is 9.97 Å². The Hall–Kier alpha value is -6.32. The van der Waals surface area contributed by atoms with Gasteiger partial charge >= 0.3 is 0 Å². The molecule has 0 saturated heterocycles. The highest BCUT2D eigenvalue weighted by Crippen LogP contribution is 2.35. The Labute approximate surface area is 442 Å². The van der Waals surface area contributed by atoms with Gasteiger partial charge in [-0.1, -0.05) is 157 Å². The van der Waals surface area contributed by atoms with Gasteiger partial charge in [-0.3, -0.25) is 9.59 Å². The second kappa shape index (κ2) is 30.1. The number of amides is 2. The Balaban J connectivity index is 1.41. The maximum absolute atomic E-state index is 14.6. The average molecular weight is 1010 g/mol. The Morgan fingerprint density at radius 1 is 0.514 bits per heavy atom. The van der Waals surface area contributed by atoms with Crippen LogP contribution < -0.4 is 11.5 Å². The summed E-state index contributed by atoms with van der Waals surface area (Å²) < 4.78 is 2.94. The first-order valence-corrected chi connectivity index (χ1v) is 28.0. The van der Waals surface area contributed by atoms with Crippen molar-refractivity contribution in [3.8, 4) is 11.6 Å². The molecule has 3 heterocycles. The van der Waals surface area contributed by atoms with Gasteiger partial charge in [-0.2, -0.15) is 19.6 Å². The predicted octanol–water partition coefficient (Wildman–Crippen LogP) is 15.2. The fraction of sp³-hybridized carbons (Fsp3) is 0.586. The van der Waals surface area contributed by atoms with Crippen LogP contribution in [0.3, 0.4) is 0 Å². The number of carbonyl (C=O) groups excluding carboxylic acids is 2. The second-order valence-electron chi connectivity index (χ2n) is 20.2. The molecule has 0 spiro atoms. The van der Waals surface area contributed by atoms with Crippen molar-refractivity contribution < 1.29 is 9.59 Å². The number of carbonyl (C=O) groups is 2. The summed E-state index contributed by atoms with van der Waals surface area (Å²) in [6, 6.07) is 16.5. The quantitative estimate of drug-likeness (QED) is 0.0396. The van der Waals surface area contributed by atoms with Crippen molar-refractivity contribution in [2.75, 3.05) is 37.6 Å². The van der Waals surface area contributed by atoms with Crippen molar-refractivity contribution >= 4 is 46.2 Å². The van der Waals surface area contributed by atoms with Gasteiger partial charge in [-0.05, 0) is 87.5 Å². The van der Waals surface area contributed by atoms with Crippen molar-refractivity contribution in [2.45, 2.75) is 172 Å². The minimum atomic E-state index is -0.0328. The number of azo groups is 2. The number of hydrogen-bond donors (Lipinski definition) is 2. The Bertz CT molecular complexity index is 2370. The first kappa shape index (κ1) is 58.6. The van der Waals surface area contributed by atoms with Crippen LogP contribution in [0.4, 0.5) is 34.4 Å². The van der Waals surface area contributed by atoms with Gasteiger partial charge in [-0.15, -0.1) is 20.5 Å². The molecular formula is C58H88N14O2. The van der Waals surface area contributed by atoms with Crippen molar-refractivity contribution in [1.82, 2.24) is 39.3 Å². The average Bonchev–Trinajstić information content (AvgIpc) is 3.88. The molecule has 2 aromatic carbocycles. The standard InChI is InChI=1S/C58H88N14O2/c1-11-19-27-43(15-5)36-69(37-44(16-6)28-20-12-2)57(73)47-31-23-25-33-49(47)63-65-53-41(9)67-71(55(53)59)51-35-52(62-40-61-51)72-56(60)54(42(10)68-72)66-64-50-34-26-24-32-48(50)58(74)70(38-45(17-7)29-21-13-3)39-46(18-8)30-22-14-4/h23-26,31-35,40,43-46H,11-22,27-30,36-39,59-60H2,1-10H3/b65-63+,66-64+. The zero-order chi connectivity index (χ0) is 53.6. The third-order valence-electron chi connectivity index (χ3n) is 14.6. The van der Waals surface area contributed by atoms with E-state index in [2.05, 4.69) is 95.6 Å². The SMILES string of the molecule is CCCCC(CC)CN(CC(CC)CCCC)C(=O)c1ccccc1/N=N/c1c(C)nn(-c2cc(-n3nc(C)c(/N=N/c4ccccc4C(=O)N(CC(CC)CCCC)CC(CC)CCCC)c3N)ncn2)c1N. The molecule has 0 aliphatic heterocycles. The lowest BCUT2D eigenvalue weighted by molar-refractivity contribution is 0.0679. The number of anilines is 2. The molecule has 0 radical (unpaired) electrons. The molecule has 0 bridgehead atoms. The summed E-state index contributed by atoms with van der Waals surface area (Å²) >= 11 is 0. The Kier molecular flexibility index (Phi) is 23.9. The first-order valence-electron chi connectivity index (χ1n) is 28.0. The van der Waals surface area contributed by atoms with E-state index >= 15 is 0 Å². The van der Waals surface area contributed by atoms with Crippen LogP contribution in [0.2, 0.25) is 0 Å². The molecule has 5 aromatic rings. The van der Waals surface area contributed by atoms with Crippen LogP contribution >= 0.6 is 0 Å². The van der Waals surface area contributed by atoms with E-state index in [1.54, 1.807) is 19.9 Å². The normalized spacial score (nSPS) is 13.4. The lowest BCUT2D eigenvalue weighted by atomic mass is 9.95. The number of benzene rings is 2. The van der Waals surface area contributed by atoms with Crippen LogP contribution in [0.25, 0.3) is 11.6 Å². The summed E-state index contributed by atoms with van der Waals surface area (Å²) in [6.45, 7) is 24.2. The number of nitrogens with two attached hydrogens (primary N) is 2. The fourth-order valence-corrected chi connectivity index (χ4v) is 9.67. The van der Waals surface area contributed by atoms with Crippen LogP contribution in [-0.4, -0.2) is 77.3 Å². The summed E-state index contributed by atoms with van der Waals surface area (Å²) in [7, 11) is 0. The third-order valence-corrected chi connectivity index (χ3v) is 14.6. The van der Waals surface area contributed by atoms with Gasteiger partial charge in [0.1, 0.15) is 6.33 Å². The van der Waals surface area contributed by atoms with E-state index in [1.807, 2.05) is 48.5 Å². The monoisotopic (exact) mass is 1010 g/mol. The van der Waals surface area contributed by atoms with Gasteiger partial charge in [0.2, 0.25) is 0 Å². The number of hydrogen-bond acceptors (Lipinski definition) is 12. The molecule has 4 atom stereocenters. The smallest absolute Gasteiger partial charge is 0.256 e. The fourth-order valence-electron chi connectivity index (χ4n) is 9.67. The maximum Gasteiger partial charge on any atom is 0.256 e. The van der Waals surface area contributed by atoms with Gasteiger partial charge in [0.25, 0.3) is 11.8 Å². The van der Waals surface area contributed by atoms with E-state index in [4.69, 9.17) is 21.7 Å². The van der Waals surface area contributed by atoms with Crippen molar-refractivity contribution in [2.24, 2.45) is 44.1 Å². The van der Waals surface area contributed by atoms with Crippen molar-refractivity contribution in [3.63, 3.8) is 0 Å². The number of rotatable bonds is 32. The summed E-state index contributed by atoms with van der Waals surface area (Å²) in [5, 5.41) is 27.9. The second-order valence-corrected chi connectivity index (χ2v) is 20.2. The van der Waals surface area contributed by atoms with E-state index in [1.165, 1.54) is 15.7 Å². The van der Waals surface area contributed by atoms with Gasteiger partial charge in [0, 0.05) is 32.2 Å². The lowest BCUT2D eigenvalue weighted by Crippen LogP contribution is -2.39. The summed E-state index contributed by atoms with van der Waals surface area (Å²) in [4.78, 5) is 42.3. The van der Waals surface area contributed by atoms with Gasteiger partial charge in [0.05, 0.1) is 33.9 Å². The molecule has 2 amide bonds. The Morgan fingerprint density at radius 2 is 0.838 bits per heavy atom. The molecule has 402 valence electrons. The topological polar surface area (TPSA) is 204 Å². The number of nitrogens with zero attached hydrogens (tertiary/aromatic N) is 12. The molecule has 74 heavy (non-hydrogen) atoms. The minimum Gasteiger partial charge on any atom is -0.382 e. The van der Waals surface area contributed by atoms with Crippen LogP contribution in [0.5, 0.6) is 0 Å².